The number of hydrogen-bond acceptors (Lipinski definition) is 3. The standard InChI is InChI=1S/C17H24N2O/c1-18-12-5-6-13(18)11-19(10-9-12)16-8-7-15-14(16)3-2-4-17(15)20/h2-4,12-13,16,20H,5-11H2,1H3. The van der Waals surface area contributed by atoms with Gasteiger partial charge in [-0.15, -0.1) is 0 Å². The molecule has 20 heavy (non-hydrogen) atoms. The quantitative estimate of drug-likeness (QED) is 0.851. The predicted octanol–water partition coefficient (Wildman–Crippen LogP) is 2.55. The molecule has 2 saturated heterocycles. The van der Waals surface area contributed by atoms with Crippen molar-refractivity contribution in [1.82, 2.24) is 9.80 Å². The molecule has 0 saturated carbocycles. The van der Waals surface area contributed by atoms with Crippen molar-refractivity contribution in [3.63, 3.8) is 0 Å². The summed E-state index contributed by atoms with van der Waals surface area (Å²) < 4.78 is 0. The molecule has 0 amide bonds. The summed E-state index contributed by atoms with van der Waals surface area (Å²) >= 11 is 0. The van der Waals surface area contributed by atoms with E-state index >= 15 is 0 Å². The fourth-order valence-corrected chi connectivity index (χ4v) is 4.61. The first-order valence-electron chi connectivity index (χ1n) is 8.01. The van der Waals surface area contributed by atoms with E-state index in [1.165, 1.54) is 49.9 Å². The lowest BCUT2D eigenvalue weighted by Gasteiger charge is -2.31. The molecule has 3 unspecified atom stereocenters. The number of aromatic hydroxyl groups is 1. The Morgan fingerprint density at radius 3 is 2.85 bits per heavy atom. The molecule has 3 aliphatic rings. The third kappa shape index (κ3) is 1.87. The van der Waals surface area contributed by atoms with Crippen molar-refractivity contribution < 1.29 is 5.11 Å². The maximum Gasteiger partial charge on any atom is 0.119 e. The van der Waals surface area contributed by atoms with Gasteiger partial charge in [0.05, 0.1) is 0 Å². The van der Waals surface area contributed by atoms with Gasteiger partial charge in [-0.3, -0.25) is 9.80 Å². The molecular formula is C17H24N2O. The molecule has 2 heterocycles. The number of likely N-dealkylation sites (N-methyl/N-ethyl adjacent to an activating group) is 1. The molecule has 3 nitrogen and oxygen atoms in total. The highest BCUT2D eigenvalue weighted by Crippen LogP contribution is 2.41. The van der Waals surface area contributed by atoms with Crippen LogP contribution in [0.1, 0.15) is 42.9 Å². The molecule has 0 spiro atoms. The van der Waals surface area contributed by atoms with E-state index < -0.39 is 0 Å². The lowest BCUT2D eigenvalue weighted by Crippen LogP contribution is -2.37. The van der Waals surface area contributed by atoms with Gasteiger partial charge in [0.15, 0.2) is 0 Å². The monoisotopic (exact) mass is 272 g/mol. The van der Waals surface area contributed by atoms with Crippen LogP contribution in [0.2, 0.25) is 0 Å². The third-order valence-electron chi connectivity index (χ3n) is 5.83. The number of hydrogen-bond donors (Lipinski definition) is 1. The van der Waals surface area contributed by atoms with Crippen molar-refractivity contribution in [3.8, 4) is 5.75 Å². The Morgan fingerprint density at radius 1 is 1.10 bits per heavy atom. The highest BCUT2D eigenvalue weighted by molar-refractivity contribution is 5.44. The number of likely N-dealkylation sites (tertiary alicyclic amines) is 1. The summed E-state index contributed by atoms with van der Waals surface area (Å²) in [7, 11) is 2.31. The van der Waals surface area contributed by atoms with Crippen molar-refractivity contribution in [3.05, 3.63) is 29.3 Å². The Balaban J connectivity index is 1.60. The Kier molecular flexibility index (Phi) is 3.00. The van der Waals surface area contributed by atoms with Gasteiger partial charge in [0.25, 0.3) is 0 Å². The molecule has 3 heteroatoms. The van der Waals surface area contributed by atoms with E-state index in [0.29, 0.717) is 11.8 Å². The van der Waals surface area contributed by atoms with E-state index in [-0.39, 0.29) is 0 Å². The van der Waals surface area contributed by atoms with E-state index in [2.05, 4.69) is 22.9 Å². The van der Waals surface area contributed by atoms with Gasteiger partial charge in [0.2, 0.25) is 0 Å². The van der Waals surface area contributed by atoms with Crippen LogP contribution in [0.3, 0.4) is 0 Å². The van der Waals surface area contributed by atoms with Crippen LogP contribution in [0.15, 0.2) is 18.2 Å². The minimum Gasteiger partial charge on any atom is -0.508 e. The predicted molar refractivity (Wildman–Crippen MR) is 79.9 cm³/mol. The second kappa shape index (κ2) is 4.74. The van der Waals surface area contributed by atoms with Gasteiger partial charge >= 0.3 is 0 Å². The zero-order valence-corrected chi connectivity index (χ0v) is 12.3. The number of rotatable bonds is 1. The zero-order chi connectivity index (χ0) is 13.7. The molecule has 1 aromatic carbocycles. The van der Waals surface area contributed by atoms with Gasteiger partial charge in [0, 0.05) is 31.2 Å². The molecular weight excluding hydrogens is 248 g/mol. The SMILES string of the molecule is CN1C2CCC1CN(C1CCc3c(O)cccc31)CC2. The van der Waals surface area contributed by atoms with E-state index in [1.54, 1.807) is 0 Å². The maximum absolute atomic E-state index is 10.0. The smallest absolute Gasteiger partial charge is 0.119 e. The molecule has 1 aliphatic carbocycles. The summed E-state index contributed by atoms with van der Waals surface area (Å²) in [5, 5.41) is 10.0. The molecule has 108 valence electrons. The molecule has 3 atom stereocenters. The Hall–Kier alpha value is -1.06. The fourth-order valence-electron chi connectivity index (χ4n) is 4.61. The highest BCUT2D eigenvalue weighted by atomic mass is 16.3. The minimum atomic E-state index is 0.499. The summed E-state index contributed by atoms with van der Waals surface area (Å²) in [6.07, 6.45) is 6.26. The number of nitrogens with zero attached hydrogens (tertiary/aromatic N) is 2. The second-order valence-corrected chi connectivity index (χ2v) is 6.73. The number of phenols is 1. The number of phenolic OH excluding ortho intramolecular Hbond substituents is 1. The van der Waals surface area contributed by atoms with Crippen LogP contribution in [0.4, 0.5) is 0 Å². The molecule has 0 radical (unpaired) electrons. The van der Waals surface area contributed by atoms with Crippen molar-refractivity contribution >= 4 is 0 Å². The van der Waals surface area contributed by atoms with Gasteiger partial charge < -0.3 is 5.11 Å². The van der Waals surface area contributed by atoms with Crippen molar-refractivity contribution in [2.75, 3.05) is 20.1 Å². The molecule has 2 fully saturated rings. The number of fused-ring (bicyclic) bond motifs is 3. The molecule has 1 N–H and O–H groups in total. The van der Waals surface area contributed by atoms with Crippen molar-refractivity contribution in [1.29, 1.82) is 0 Å². The Labute approximate surface area is 121 Å². The van der Waals surface area contributed by atoms with Crippen molar-refractivity contribution in [2.45, 2.75) is 50.2 Å². The van der Waals surface area contributed by atoms with Gasteiger partial charge in [-0.05, 0) is 56.3 Å². The summed E-state index contributed by atoms with van der Waals surface area (Å²) in [6, 6.07) is 8.13. The van der Waals surface area contributed by atoms with Crippen LogP contribution in [0.5, 0.6) is 5.75 Å². The van der Waals surface area contributed by atoms with E-state index in [9.17, 15) is 5.11 Å². The van der Waals surface area contributed by atoms with E-state index in [0.717, 1.165) is 18.5 Å². The molecule has 4 rings (SSSR count). The van der Waals surface area contributed by atoms with Crippen LogP contribution >= 0.6 is 0 Å². The van der Waals surface area contributed by atoms with Crippen LogP contribution < -0.4 is 0 Å². The first-order valence-corrected chi connectivity index (χ1v) is 8.01. The topological polar surface area (TPSA) is 26.7 Å². The molecule has 2 bridgehead atoms. The van der Waals surface area contributed by atoms with Crippen LogP contribution in [-0.4, -0.2) is 47.1 Å². The van der Waals surface area contributed by atoms with E-state index in [4.69, 9.17) is 0 Å². The lowest BCUT2D eigenvalue weighted by molar-refractivity contribution is 0.171. The normalized spacial score (nSPS) is 34.1. The summed E-state index contributed by atoms with van der Waals surface area (Å²) in [4.78, 5) is 5.30. The fraction of sp³-hybridized carbons (Fsp3) is 0.647. The van der Waals surface area contributed by atoms with Crippen molar-refractivity contribution in [2.24, 2.45) is 0 Å². The number of benzene rings is 1. The molecule has 2 aliphatic heterocycles. The van der Waals surface area contributed by atoms with Crippen LogP contribution in [0, 0.1) is 0 Å². The summed E-state index contributed by atoms with van der Waals surface area (Å²) in [5.41, 5.74) is 2.57. The van der Waals surface area contributed by atoms with Gasteiger partial charge in [-0.25, -0.2) is 0 Å². The van der Waals surface area contributed by atoms with Gasteiger partial charge in [-0.2, -0.15) is 0 Å². The van der Waals surface area contributed by atoms with Crippen LogP contribution in [0.25, 0.3) is 0 Å². The average molecular weight is 272 g/mol. The maximum atomic E-state index is 10.0. The Morgan fingerprint density at radius 2 is 1.95 bits per heavy atom. The van der Waals surface area contributed by atoms with Gasteiger partial charge in [0.1, 0.15) is 5.75 Å². The lowest BCUT2D eigenvalue weighted by atomic mass is 10.0. The first-order chi connectivity index (χ1) is 9.74. The molecule has 1 aromatic rings. The first kappa shape index (κ1) is 12.7. The van der Waals surface area contributed by atoms with E-state index in [1.807, 2.05) is 12.1 Å². The summed E-state index contributed by atoms with van der Waals surface area (Å²) in [5.74, 6) is 0.499. The summed E-state index contributed by atoms with van der Waals surface area (Å²) in [6.45, 7) is 2.41. The van der Waals surface area contributed by atoms with Crippen LogP contribution in [-0.2, 0) is 6.42 Å². The minimum absolute atomic E-state index is 0.499. The Bertz CT molecular complexity index is 516. The third-order valence-corrected chi connectivity index (χ3v) is 5.83. The second-order valence-electron chi connectivity index (χ2n) is 6.73. The molecule has 0 aromatic heterocycles. The highest BCUT2D eigenvalue weighted by Gasteiger charge is 2.38. The largest absolute Gasteiger partial charge is 0.508 e. The van der Waals surface area contributed by atoms with Gasteiger partial charge in [-0.1, -0.05) is 12.1 Å². The zero-order valence-electron chi connectivity index (χ0n) is 12.3. The average Bonchev–Trinajstić information content (AvgIpc) is 2.94.